The first kappa shape index (κ1) is 14.0. The third-order valence-corrected chi connectivity index (χ3v) is 5.28. The van der Waals surface area contributed by atoms with E-state index in [9.17, 15) is 0 Å². The van der Waals surface area contributed by atoms with Gasteiger partial charge in [-0.1, -0.05) is 0 Å². The first-order chi connectivity index (χ1) is 8.47. The summed E-state index contributed by atoms with van der Waals surface area (Å²) in [6.07, 6.45) is 2.50. The molecule has 0 saturated carbocycles. The monoisotopic (exact) mass is 267 g/mol. The molecular weight excluding hydrogens is 242 g/mol. The van der Waals surface area contributed by atoms with Crippen molar-refractivity contribution in [1.29, 1.82) is 0 Å². The molecule has 0 spiro atoms. The van der Waals surface area contributed by atoms with Gasteiger partial charge >= 0.3 is 0 Å². The highest BCUT2D eigenvalue weighted by Gasteiger charge is 2.24. The van der Waals surface area contributed by atoms with Gasteiger partial charge in [-0.15, -0.1) is 11.3 Å². The van der Waals surface area contributed by atoms with Crippen LogP contribution in [0.4, 0.5) is 0 Å². The molecule has 4 heteroatoms. The van der Waals surface area contributed by atoms with Gasteiger partial charge in [-0.25, -0.2) is 4.98 Å². The van der Waals surface area contributed by atoms with Crippen LogP contribution in [0.2, 0.25) is 0 Å². The Kier molecular flexibility index (Phi) is 4.41. The van der Waals surface area contributed by atoms with Crippen LogP contribution in [0.5, 0.6) is 0 Å². The van der Waals surface area contributed by atoms with Crippen molar-refractivity contribution in [3.63, 3.8) is 0 Å². The lowest BCUT2D eigenvalue weighted by Crippen LogP contribution is -2.46. The molecule has 1 fully saturated rings. The Morgan fingerprint density at radius 3 is 2.72 bits per heavy atom. The van der Waals surface area contributed by atoms with E-state index in [-0.39, 0.29) is 0 Å². The minimum Gasteiger partial charge on any atom is -0.307 e. The summed E-state index contributed by atoms with van der Waals surface area (Å²) in [6, 6.07) is 1.76. The highest BCUT2D eigenvalue weighted by atomic mass is 32.1. The largest absolute Gasteiger partial charge is 0.307 e. The van der Waals surface area contributed by atoms with Gasteiger partial charge in [-0.2, -0.15) is 0 Å². The van der Waals surface area contributed by atoms with Crippen molar-refractivity contribution in [2.75, 3.05) is 13.6 Å². The average Bonchev–Trinajstić information content (AvgIpc) is 2.63. The van der Waals surface area contributed by atoms with Crippen molar-refractivity contribution >= 4 is 11.3 Å². The molecule has 0 radical (unpaired) electrons. The van der Waals surface area contributed by atoms with Gasteiger partial charge in [0.2, 0.25) is 0 Å². The fourth-order valence-corrected chi connectivity index (χ4v) is 3.76. The maximum Gasteiger partial charge on any atom is 0.0900 e. The molecule has 0 bridgehead atoms. The lowest BCUT2D eigenvalue weighted by atomic mass is 9.98. The molecule has 18 heavy (non-hydrogen) atoms. The van der Waals surface area contributed by atoms with Crippen LogP contribution in [0, 0.1) is 13.8 Å². The van der Waals surface area contributed by atoms with Crippen LogP contribution in [0.25, 0.3) is 0 Å². The summed E-state index contributed by atoms with van der Waals surface area (Å²) in [5, 5.41) is 4.96. The summed E-state index contributed by atoms with van der Waals surface area (Å²) in [6.45, 7) is 10.00. The molecule has 1 aliphatic heterocycles. The molecule has 1 aromatic rings. The van der Waals surface area contributed by atoms with Gasteiger partial charge in [0.05, 0.1) is 10.7 Å². The molecule has 3 unspecified atom stereocenters. The van der Waals surface area contributed by atoms with E-state index in [0.29, 0.717) is 18.1 Å². The number of nitrogens with one attached hydrogen (secondary N) is 1. The quantitative estimate of drug-likeness (QED) is 0.913. The number of piperidine rings is 1. The van der Waals surface area contributed by atoms with Gasteiger partial charge in [0, 0.05) is 23.0 Å². The summed E-state index contributed by atoms with van der Waals surface area (Å²) in [5.41, 5.74) is 1.19. The number of likely N-dealkylation sites (tertiary alicyclic amines) is 1. The van der Waals surface area contributed by atoms with Crippen LogP contribution in [0.15, 0.2) is 0 Å². The number of aryl methyl sites for hydroxylation is 2. The van der Waals surface area contributed by atoms with Gasteiger partial charge < -0.3 is 10.2 Å². The number of thiazole rings is 1. The van der Waals surface area contributed by atoms with E-state index < -0.39 is 0 Å². The molecule has 1 N–H and O–H groups in total. The maximum absolute atomic E-state index is 4.52. The fraction of sp³-hybridized carbons (Fsp3) is 0.786. The molecule has 1 aromatic heterocycles. The zero-order valence-electron chi connectivity index (χ0n) is 12.2. The summed E-state index contributed by atoms with van der Waals surface area (Å²) >= 11 is 1.83. The highest BCUT2D eigenvalue weighted by Crippen LogP contribution is 2.26. The Hall–Kier alpha value is -0.450. The molecule has 102 valence electrons. The third kappa shape index (κ3) is 3.11. The maximum atomic E-state index is 4.52. The van der Waals surface area contributed by atoms with Gasteiger partial charge in [0.1, 0.15) is 0 Å². The summed E-state index contributed by atoms with van der Waals surface area (Å²) in [7, 11) is 2.22. The second-order valence-electron chi connectivity index (χ2n) is 5.62. The molecule has 0 aromatic carbocycles. The van der Waals surface area contributed by atoms with Crippen LogP contribution in [0.3, 0.4) is 0 Å². The van der Waals surface area contributed by atoms with Crippen LogP contribution < -0.4 is 5.32 Å². The van der Waals surface area contributed by atoms with E-state index in [0.717, 1.165) is 0 Å². The second kappa shape index (κ2) is 5.68. The molecule has 1 aliphatic rings. The predicted molar refractivity (Wildman–Crippen MR) is 78.3 cm³/mol. The molecule has 0 amide bonds. The Bertz CT molecular complexity index is 402. The van der Waals surface area contributed by atoms with Crippen molar-refractivity contribution in [1.82, 2.24) is 15.2 Å². The Morgan fingerprint density at radius 2 is 2.17 bits per heavy atom. The van der Waals surface area contributed by atoms with Gasteiger partial charge in [0.15, 0.2) is 0 Å². The molecule has 2 heterocycles. The smallest absolute Gasteiger partial charge is 0.0900 e. The van der Waals surface area contributed by atoms with Gasteiger partial charge in [-0.3, -0.25) is 0 Å². The summed E-state index contributed by atoms with van der Waals surface area (Å²) < 4.78 is 0. The van der Waals surface area contributed by atoms with Crippen molar-refractivity contribution < 1.29 is 0 Å². The third-order valence-electron chi connectivity index (χ3n) is 4.03. The summed E-state index contributed by atoms with van der Waals surface area (Å²) in [4.78, 5) is 8.37. The topological polar surface area (TPSA) is 28.2 Å². The van der Waals surface area contributed by atoms with Gasteiger partial charge in [0.25, 0.3) is 0 Å². The number of nitrogens with zero attached hydrogens (tertiary/aromatic N) is 2. The SMILES string of the molecule is Cc1nc(C)c(C(C)NC2CCN(C)C(C)C2)s1. The van der Waals surface area contributed by atoms with Crippen LogP contribution in [0.1, 0.15) is 48.3 Å². The highest BCUT2D eigenvalue weighted by molar-refractivity contribution is 7.11. The van der Waals surface area contributed by atoms with Crippen LogP contribution >= 0.6 is 11.3 Å². The lowest BCUT2D eigenvalue weighted by molar-refractivity contribution is 0.163. The van der Waals surface area contributed by atoms with E-state index >= 15 is 0 Å². The second-order valence-corrected chi connectivity index (χ2v) is 6.86. The predicted octanol–water partition coefficient (Wildman–Crippen LogP) is 2.89. The first-order valence-corrected chi connectivity index (χ1v) is 7.69. The zero-order valence-corrected chi connectivity index (χ0v) is 13.0. The zero-order chi connectivity index (χ0) is 13.3. The molecular formula is C14H25N3S. The minimum atomic E-state index is 0.428. The minimum absolute atomic E-state index is 0.428. The Labute approximate surface area is 115 Å². The van der Waals surface area contributed by atoms with Crippen molar-refractivity contribution in [3.8, 4) is 0 Å². The Balaban J connectivity index is 1.95. The summed E-state index contributed by atoms with van der Waals surface area (Å²) in [5.74, 6) is 0. The number of aromatic nitrogens is 1. The van der Waals surface area contributed by atoms with Crippen LogP contribution in [-0.4, -0.2) is 35.6 Å². The normalized spacial score (nSPS) is 27.4. The molecule has 1 saturated heterocycles. The first-order valence-electron chi connectivity index (χ1n) is 6.87. The lowest BCUT2D eigenvalue weighted by Gasteiger charge is -2.36. The fourth-order valence-electron chi connectivity index (χ4n) is 2.82. The standard InChI is InChI=1S/C14H25N3S/c1-9-8-13(6-7-17(9)5)16-11(3)14-10(2)15-12(4)18-14/h9,11,13,16H,6-8H2,1-5H3. The number of rotatable bonds is 3. The molecule has 2 rings (SSSR count). The van der Waals surface area contributed by atoms with Crippen LogP contribution in [-0.2, 0) is 0 Å². The van der Waals surface area contributed by atoms with Crippen molar-refractivity contribution in [2.24, 2.45) is 0 Å². The van der Waals surface area contributed by atoms with E-state index in [2.05, 4.69) is 49.9 Å². The Morgan fingerprint density at radius 1 is 1.44 bits per heavy atom. The van der Waals surface area contributed by atoms with Crippen molar-refractivity contribution in [3.05, 3.63) is 15.6 Å². The van der Waals surface area contributed by atoms with E-state index in [1.165, 1.54) is 35.0 Å². The van der Waals surface area contributed by atoms with E-state index in [4.69, 9.17) is 0 Å². The number of hydrogen-bond donors (Lipinski definition) is 1. The molecule has 0 aliphatic carbocycles. The van der Waals surface area contributed by atoms with E-state index in [1.807, 2.05) is 11.3 Å². The number of hydrogen-bond acceptors (Lipinski definition) is 4. The van der Waals surface area contributed by atoms with E-state index in [1.54, 1.807) is 0 Å². The average molecular weight is 267 g/mol. The van der Waals surface area contributed by atoms with Gasteiger partial charge in [-0.05, 0) is 54.1 Å². The molecule has 3 nitrogen and oxygen atoms in total. The molecule has 3 atom stereocenters. The van der Waals surface area contributed by atoms with Crippen molar-refractivity contribution in [2.45, 2.75) is 58.7 Å².